The van der Waals surface area contributed by atoms with Crippen molar-refractivity contribution in [1.29, 1.82) is 0 Å². The van der Waals surface area contributed by atoms with Crippen LogP contribution in [0.15, 0.2) is 29.6 Å². The Morgan fingerprint density at radius 1 is 1.19 bits per heavy atom. The van der Waals surface area contributed by atoms with Crippen LogP contribution in [0.5, 0.6) is 0 Å². The lowest BCUT2D eigenvalue weighted by Crippen LogP contribution is -2.52. The normalized spacial score (nSPS) is 14.4. The second kappa shape index (κ2) is 7.28. The summed E-state index contributed by atoms with van der Waals surface area (Å²) in [5, 5.41) is 13.4. The van der Waals surface area contributed by atoms with Crippen molar-refractivity contribution in [3.8, 4) is 0 Å². The van der Waals surface area contributed by atoms with Gasteiger partial charge in [0.25, 0.3) is 11.8 Å². The summed E-state index contributed by atoms with van der Waals surface area (Å²) >= 11 is 1.11. The molecule has 0 saturated carbocycles. The van der Waals surface area contributed by atoms with Gasteiger partial charge in [0.05, 0.1) is 17.7 Å². The Morgan fingerprint density at radius 2 is 1.78 bits per heavy atom. The van der Waals surface area contributed by atoms with Crippen LogP contribution in [0, 0.1) is 5.92 Å². The minimum atomic E-state index is -1.14. The number of fused-ring (bicyclic) bond motifs is 1. The zero-order valence-electron chi connectivity index (χ0n) is 14.6. The smallest absolute Gasteiger partial charge is 0.355 e. The van der Waals surface area contributed by atoms with Gasteiger partial charge in [-0.3, -0.25) is 19.3 Å². The maximum absolute atomic E-state index is 12.7. The molecule has 140 valence electrons. The molecule has 0 aliphatic carbocycles. The molecular weight excluding hydrogens is 370 g/mol. The quantitative estimate of drug-likeness (QED) is 0.730. The molecule has 8 nitrogen and oxygen atoms in total. The molecule has 9 heteroatoms. The highest BCUT2D eigenvalue weighted by molar-refractivity contribution is 7.09. The Kier molecular flexibility index (Phi) is 5.04. The van der Waals surface area contributed by atoms with E-state index in [0.717, 1.165) is 16.2 Å². The highest BCUT2D eigenvalue weighted by Gasteiger charge is 2.43. The van der Waals surface area contributed by atoms with E-state index in [2.05, 4.69) is 10.3 Å². The van der Waals surface area contributed by atoms with Crippen molar-refractivity contribution in [2.24, 2.45) is 5.92 Å². The summed E-state index contributed by atoms with van der Waals surface area (Å²) in [6.07, 6.45) is 0. The third-order valence-corrected chi connectivity index (χ3v) is 5.04. The third-order valence-electron chi connectivity index (χ3n) is 4.19. The molecule has 1 aromatic heterocycles. The van der Waals surface area contributed by atoms with Gasteiger partial charge in [-0.2, -0.15) is 0 Å². The lowest BCUT2D eigenvalue weighted by atomic mass is 10.0. The van der Waals surface area contributed by atoms with Crippen molar-refractivity contribution in [2.45, 2.75) is 26.4 Å². The third kappa shape index (κ3) is 3.45. The number of carbonyl (C=O) groups excluding carboxylic acids is 3. The van der Waals surface area contributed by atoms with Gasteiger partial charge in [0, 0.05) is 5.38 Å². The van der Waals surface area contributed by atoms with Gasteiger partial charge in [-0.15, -0.1) is 11.3 Å². The minimum Gasteiger partial charge on any atom is -0.476 e. The summed E-state index contributed by atoms with van der Waals surface area (Å²) in [5.74, 6) is -2.93. The van der Waals surface area contributed by atoms with Crippen LogP contribution in [-0.4, -0.2) is 44.7 Å². The second-order valence-corrected chi connectivity index (χ2v) is 7.31. The van der Waals surface area contributed by atoms with Gasteiger partial charge in [-0.05, 0) is 18.1 Å². The monoisotopic (exact) mass is 387 g/mol. The maximum atomic E-state index is 12.7. The molecule has 3 rings (SSSR count). The number of nitrogens with zero attached hydrogens (tertiary/aromatic N) is 2. The van der Waals surface area contributed by atoms with Gasteiger partial charge in [0.1, 0.15) is 11.0 Å². The Hall–Kier alpha value is -3.07. The standard InChI is InChI=1S/C18H17N3O5S/c1-9(2)14(15(22)19-7-13-20-12(8-27-13)18(25)26)21-16(23)10-5-3-4-6-11(10)17(21)24/h3-6,8-9,14H,7H2,1-2H3,(H,19,22)(H,25,26). The van der Waals surface area contributed by atoms with Gasteiger partial charge in [-0.25, -0.2) is 9.78 Å². The Morgan fingerprint density at radius 3 is 2.26 bits per heavy atom. The second-order valence-electron chi connectivity index (χ2n) is 6.36. The first kappa shape index (κ1) is 18.7. The topological polar surface area (TPSA) is 117 Å². The van der Waals surface area contributed by atoms with Crippen LogP contribution in [0.1, 0.15) is 50.1 Å². The molecule has 3 amide bonds. The molecule has 2 aromatic rings. The molecule has 0 saturated heterocycles. The first-order chi connectivity index (χ1) is 12.8. The predicted molar refractivity (Wildman–Crippen MR) is 96.5 cm³/mol. The van der Waals surface area contributed by atoms with Gasteiger partial charge in [0.15, 0.2) is 5.69 Å². The first-order valence-corrected chi connectivity index (χ1v) is 9.11. The summed E-state index contributed by atoms with van der Waals surface area (Å²) in [6, 6.07) is 5.49. The molecule has 2 N–H and O–H groups in total. The van der Waals surface area contributed by atoms with Gasteiger partial charge in [-0.1, -0.05) is 26.0 Å². The van der Waals surface area contributed by atoms with E-state index in [1.807, 2.05) is 0 Å². The van der Waals surface area contributed by atoms with Crippen LogP contribution in [0.2, 0.25) is 0 Å². The zero-order chi connectivity index (χ0) is 19.7. The fourth-order valence-electron chi connectivity index (χ4n) is 2.94. The minimum absolute atomic E-state index is 0.0170. The Bertz CT molecular complexity index is 902. The van der Waals surface area contributed by atoms with Gasteiger partial charge in [0.2, 0.25) is 5.91 Å². The van der Waals surface area contributed by atoms with Crippen molar-refractivity contribution >= 4 is 35.0 Å². The molecule has 0 bridgehead atoms. The number of hydrogen-bond donors (Lipinski definition) is 2. The number of rotatable bonds is 6. The van der Waals surface area contributed by atoms with Crippen molar-refractivity contribution < 1.29 is 24.3 Å². The average molecular weight is 387 g/mol. The van der Waals surface area contributed by atoms with Crippen molar-refractivity contribution in [2.75, 3.05) is 0 Å². The number of nitrogens with one attached hydrogen (secondary N) is 1. The largest absolute Gasteiger partial charge is 0.476 e. The van der Waals surface area contributed by atoms with E-state index in [-0.39, 0.29) is 29.3 Å². The Labute approximate surface area is 158 Å². The van der Waals surface area contributed by atoms with E-state index < -0.39 is 29.7 Å². The van der Waals surface area contributed by atoms with Gasteiger partial charge < -0.3 is 10.4 Å². The van der Waals surface area contributed by atoms with Gasteiger partial charge >= 0.3 is 5.97 Å². The summed E-state index contributed by atoms with van der Waals surface area (Å²) in [5.41, 5.74) is 0.476. The molecule has 1 aliphatic rings. The average Bonchev–Trinajstić information content (AvgIpc) is 3.20. The molecule has 1 atom stereocenters. The van der Waals surface area contributed by atoms with Crippen LogP contribution < -0.4 is 5.32 Å². The van der Waals surface area contributed by atoms with E-state index in [9.17, 15) is 19.2 Å². The lowest BCUT2D eigenvalue weighted by Gasteiger charge is -2.28. The van der Waals surface area contributed by atoms with E-state index in [0.29, 0.717) is 5.01 Å². The number of amides is 3. The zero-order valence-corrected chi connectivity index (χ0v) is 15.4. The molecule has 2 heterocycles. The molecule has 1 aliphatic heterocycles. The highest BCUT2D eigenvalue weighted by Crippen LogP contribution is 2.27. The van der Waals surface area contributed by atoms with E-state index in [4.69, 9.17) is 5.11 Å². The Balaban J connectivity index is 1.77. The molecular formula is C18H17N3O5S. The van der Waals surface area contributed by atoms with Crippen molar-refractivity contribution in [3.05, 3.63) is 51.5 Å². The van der Waals surface area contributed by atoms with Crippen molar-refractivity contribution in [1.82, 2.24) is 15.2 Å². The number of thiazole rings is 1. The molecule has 27 heavy (non-hydrogen) atoms. The van der Waals surface area contributed by atoms with Crippen LogP contribution >= 0.6 is 11.3 Å². The number of carboxylic acids is 1. The number of carbonyl (C=O) groups is 4. The van der Waals surface area contributed by atoms with Crippen LogP contribution in [0.4, 0.5) is 0 Å². The number of imide groups is 1. The number of aromatic carboxylic acids is 1. The molecule has 0 spiro atoms. The molecule has 1 unspecified atom stereocenters. The molecule has 0 fully saturated rings. The number of hydrogen-bond acceptors (Lipinski definition) is 6. The number of aromatic nitrogens is 1. The predicted octanol–water partition coefficient (Wildman–Crippen LogP) is 1.78. The fraction of sp³-hybridized carbons (Fsp3) is 0.278. The summed E-state index contributed by atoms with van der Waals surface area (Å²) < 4.78 is 0. The number of benzene rings is 1. The van der Waals surface area contributed by atoms with Crippen LogP contribution in [0.25, 0.3) is 0 Å². The van der Waals surface area contributed by atoms with Crippen LogP contribution in [0.3, 0.4) is 0 Å². The highest BCUT2D eigenvalue weighted by atomic mass is 32.1. The van der Waals surface area contributed by atoms with Crippen molar-refractivity contribution in [3.63, 3.8) is 0 Å². The summed E-state index contributed by atoms with van der Waals surface area (Å²) in [6.45, 7) is 3.52. The number of carboxylic acid groups (broad SMARTS) is 1. The molecule has 0 radical (unpaired) electrons. The lowest BCUT2D eigenvalue weighted by molar-refractivity contribution is -0.126. The van der Waals surface area contributed by atoms with E-state index >= 15 is 0 Å². The van der Waals surface area contributed by atoms with Crippen LogP contribution in [-0.2, 0) is 11.3 Å². The van der Waals surface area contributed by atoms with E-state index in [1.165, 1.54) is 5.38 Å². The summed E-state index contributed by atoms with van der Waals surface area (Å²) in [7, 11) is 0. The molecule has 1 aromatic carbocycles. The SMILES string of the molecule is CC(C)C(C(=O)NCc1nc(C(=O)O)cs1)N1C(=O)c2ccccc2C1=O. The maximum Gasteiger partial charge on any atom is 0.355 e. The summed E-state index contributed by atoms with van der Waals surface area (Å²) in [4.78, 5) is 53.8. The van der Waals surface area contributed by atoms with E-state index in [1.54, 1.807) is 38.1 Å². The first-order valence-electron chi connectivity index (χ1n) is 8.23. The fourth-order valence-corrected chi connectivity index (χ4v) is 3.64.